The molecular weight excluding hydrogens is 251 g/mol. The van der Waals surface area contributed by atoms with Gasteiger partial charge in [-0.2, -0.15) is 13.2 Å². The van der Waals surface area contributed by atoms with Gasteiger partial charge in [-0.25, -0.2) is 4.79 Å². The third kappa shape index (κ3) is 4.23. The Bertz CT molecular complexity index is 491. The van der Waals surface area contributed by atoms with Gasteiger partial charge in [-0.15, -0.1) is 0 Å². The maximum atomic E-state index is 12.1. The van der Waals surface area contributed by atoms with E-state index in [-0.39, 0.29) is 11.7 Å². The number of rotatable bonds is 3. The number of carbonyl (C=O) groups is 1. The number of halogens is 3. The zero-order chi connectivity index (χ0) is 13.9. The Morgan fingerprint density at radius 2 is 2.06 bits per heavy atom. The zero-order valence-electron chi connectivity index (χ0n) is 9.82. The largest absolute Gasteiger partial charge is 0.459 e. The second-order valence-electron chi connectivity index (χ2n) is 3.95. The topological polar surface area (TPSA) is 48.3 Å². The van der Waals surface area contributed by atoms with Gasteiger partial charge in [0, 0.05) is 12.3 Å². The van der Waals surface area contributed by atoms with E-state index in [1.807, 2.05) is 0 Å². The highest BCUT2D eigenvalue weighted by atomic mass is 19.4. The molecule has 0 atom stereocenters. The molecule has 0 spiro atoms. The van der Waals surface area contributed by atoms with Crippen molar-refractivity contribution in [2.45, 2.75) is 32.7 Å². The van der Waals surface area contributed by atoms with Crippen molar-refractivity contribution < 1.29 is 22.7 Å². The summed E-state index contributed by atoms with van der Waals surface area (Å²) < 4.78 is 41.6. The highest BCUT2D eigenvalue weighted by Crippen LogP contribution is 2.16. The van der Waals surface area contributed by atoms with E-state index < -0.39 is 24.2 Å². The van der Waals surface area contributed by atoms with Crippen LogP contribution in [0.1, 0.15) is 24.2 Å². The normalized spacial score (nSPS) is 11.7. The summed E-state index contributed by atoms with van der Waals surface area (Å²) in [5, 5.41) is 0. The summed E-state index contributed by atoms with van der Waals surface area (Å²) >= 11 is 0. The van der Waals surface area contributed by atoms with Gasteiger partial charge in [0.15, 0.2) is 0 Å². The average Bonchev–Trinajstić information content (AvgIpc) is 2.18. The van der Waals surface area contributed by atoms with E-state index in [1.54, 1.807) is 13.8 Å². The first-order valence-corrected chi connectivity index (χ1v) is 5.17. The standard InChI is InChI=1S/C11H12F3NO3/c1-7(2)18-10(17)8-3-4-15(9(16)5-8)6-11(12,13)14/h3-5,7H,6H2,1-2H3. The molecule has 1 heterocycles. The number of hydrogen-bond donors (Lipinski definition) is 0. The van der Waals surface area contributed by atoms with Crippen LogP contribution in [0.15, 0.2) is 23.1 Å². The van der Waals surface area contributed by atoms with Gasteiger partial charge in [0.1, 0.15) is 6.54 Å². The van der Waals surface area contributed by atoms with Crippen LogP contribution in [0.3, 0.4) is 0 Å². The maximum Gasteiger partial charge on any atom is 0.406 e. The summed E-state index contributed by atoms with van der Waals surface area (Å²) in [7, 11) is 0. The minimum Gasteiger partial charge on any atom is -0.459 e. The van der Waals surface area contributed by atoms with Gasteiger partial charge in [-0.05, 0) is 19.9 Å². The van der Waals surface area contributed by atoms with E-state index >= 15 is 0 Å². The molecule has 100 valence electrons. The molecule has 0 bridgehead atoms. The lowest BCUT2D eigenvalue weighted by molar-refractivity contribution is -0.141. The maximum absolute atomic E-state index is 12.1. The fourth-order valence-electron chi connectivity index (χ4n) is 1.24. The number of carbonyl (C=O) groups excluding carboxylic acids is 1. The van der Waals surface area contributed by atoms with Crippen molar-refractivity contribution in [3.63, 3.8) is 0 Å². The molecule has 18 heavy (non-hydrogen) atoms. The molecule has 0 radical (unpaired) electrons. The Balaban J connectivity index is 2.93. The third-order valence-corrected chi connectivity index (χ3v) is 1.92. The van der Waals surface area contributed by atoms with Crippen molar-refractivity contribution >= 4 is 5.97 Å². The van der Waals surface area contributed by atoms with Crippen LogP contribution in [-0.4, -0.2) is 22.8 Å². The summed E-state index contributed by atoms with van der Waals surface area (Å²) in [5.74, 6) is -0.735. The predicted octanol–water partition coefficient (Wildman–Crippen LogP) is 1.98. The molecule has 0 N–H and O–H groups in total. The molecule has 1 aromatic rings. The smallest absolute Gasteiger partial charge is 0.406 e. The van der Waals surface area contributed by atoms with Crippen LogP contribution >= 0.6 is 0 Å². The summed E-state index contributed by atoms with van der Waals surface area (Å²) in [6.45, 7) is 1.87. The van der Waals surface area contributed by atoms with E-state index in [4.69, 9.17) is 4.74 Å². The Hall–Kier alpha value is -1.79. The van der Waals surface area contributed by atoms with Gasteiger partial charge in [0.25, 0.3) is 5.56 Å². The van der Waals surface area contributed by atoms with Crippen LogP contribution < -0.4 is 5.56 Å². The summed E-state index contributed by atoms with van der Waals surface area (Å²) in [5.41, 5.74) is -0.961. The molecule has 0 unspecified atom stereocenters. The molecule has 0 aliphatic carbocycles. The van der Waals surface area contributed by atoms with Gasteiger partial charge >= 0.3 is 12.1 Å². The molecule has 0 aromatic carbocycles. The molecule has 0 amide bonds. The number of ether oxygens (including phenoxy) is 1. The first kappa shape index (κ1) is 14.3. The minimum atomic E-state index is -4.48. The van der Waals surface area contributed by atoms with Gasteiger partial charge < -0.3 is 9.30 Å². The average molecular weight is 263 g/mol. The molecule has 1 aromatic heterocycles. The fourth-order valence-corrected chi connectivity index (χ4v) is 1.24. The third-order valence-electron chi connectivity index (χ3n) is 1.92. The quantitative estimate of drug-likeness (QED) is 0.783. The van der Waals surface area contributed by atoms with E-state index in [2.05, 4.69) is 0 Å². The molecule has 4 nitrogen and oxygen atoms in total. The van der Waals surface area contributed by atoms with Gasteiger partial charge in [-0.1, -0.05) is 0 Å². The summed E-state index contributed by atoms with van der Waals surface area (Å²) in [4.78, 5) is 22.8. The van der Waals surface area contributed by atoms with Crippen molar-refractivity contribution in [3.05, 3.63) is 34.2 Å². The highest BCUT2D eigenvalue weighted by molar-refractivity contribution is 5.89. The Labute approximate surface area is 101 Å². The molecule has 1 rings (SSSR count). The Morgan fingerprint density at radius 1 is 1.44 bits per heavy atom. The summed E-state index contributed by atoms with van der Waals surface area (Å²) in [6.07, 6.45) is -3.92. The van der Waals surface area contributed by atoms with Gasteiger partial charge in [0.2, 0.25) is 0 Å². The lowest BCUT2D eigenvalue weighted by Gasteiger charge is -2.10. The van der Waals surface area contributed by atoms with Crippen molar-refractivity contribution in [2.75, 3.05) is 0 Å². The predicted molar refractivity (Wildman–Crippen MR) is 57.3 cm³/mol. The van der Waals surface area contributed by atoms with Gasteiger partial charge in [-0.3, -0.25) is 4.79 Å². The second-order valence-corrected chi connectivity index (χ2v) is 3.95. The molecule has 0 aliphatic heterocycles. The number of aromatic nitrogens is 1. The van der Waals surface area contributed by atoms with Crippen molar-refractivity contribution in [1.29, 1.82) is 0 Å². The van der Waals surface area contributed by atoms with Crippen molar-refractivity contribution in [1.82, 2.24) is 4.57 Å². The number of esters is 1. The van der Waals surface area contributed by atoms with Crippen LogP contribution in [0.2, 0.25) is 0 Å². The molecule has 0 saturated carbocycles. The van der Waals surface area contributed by atoms with E-state index in [0.29, 0.717) is 4.57 Å². The highest BCUT2D eigenvalue weighted by Gasteiger charge is 2.28. The van der Waals surface area contributed by atoms with Crippen LogP contribution in [0.4, 0.5) is 13.2 Å². The first-order chi connectivity index (χ1) is 8.19. The van der Waals surface area contributed by atoms with Crippen molar-refractivity contribution in [3.8, 4) is 0 Å². The van der Waals surface area contributed by atoms with Crippen LogP contribution in [0.5, 0.6) is 0 Å². The Kier molecular flexibility index (Phi) is 4.15. The minimum absolute atomic E-state index is 0.0628. The SMILES string of the molecule is CC(C)OC(=O)c1ccn(CC(F)(F)F)c(=O)c1. The number of nitrogens with zero attached hydrogens (tertiary/aromatic N) is 1. The van der Waals surface area contributed by atoms with E-state index in [1.165, 1.54) is 0 Å². The zero-order valence-corrected chi connectivity index (χ0v) is 9.82. The second kappa shape index (κ2) is 5.24. The van der Waals surface area contributed by atoms with E-state index in [0.717, 1.165) is 18.3 Å². The molecule has 0 aliphatic rings. The first-order valence-electron chi connectivity index (χ1n) is 5.17. The lowest BCUT2D eigenvalue weighted by Crippen LogP contribution is -2.28. The lowest BCUT2D eigenvalue weighted by atomic mass is 10.2. The number of pyridine rings is 1. The summed E-state index contributed by atoms with van der Waals surface area (Å²) in [6, 6.07) is 1.95. The monoisotopic (exact) mass is 263 g/mol. The molecule has 0 saturated heterocycles. The van der Waals surface area contributed by atoms with Crippen LogP contribution in [-0.2, 0) is 11.3 Å². The fraction of sp³-hybridized carbons (Fsp3) is 0.455. The van der Waals surface area contributed by atoms with Crippen molar-refractivity contribution in [2.24, 2.45) is 0 Å². The molecule has 0 fully saturated rings. The number of hydrogen-bond acceptors (Lipinski definition) is 3. The van der Waals surface area contributed by atoms with Crippen LogP contribution in [0, 0.1) is 0 Å². The molecular formula is C11H12F3NO3. The van der Waals surface area contributed by atoms with Crippen LogP contribution in [0.25, 0.3) is 0 Å². The van der Waals surface area contributed by atoms with E-state index in [9.17, 15) is 22.8 Å². The Morgan fingerprint density at radius 3 is 2.50 bits per heavy atom. The molecule has 7 heteroatoms. The van der Waals surface area contributed by atoms with Gasteiger partial charge in [0.05, 0.1) is 11.7 Å². The number of alkyl halides is 3.